The maximum atomic E-state index is 12.2. The summed E-state index contributed by atoms with van der Waals surface area (Å²) < 4.78 is 0. The number of rotatable bonds is 6. The summed E-state index contributed by atoms with van der Waals surface area (Å²) in [6, 6.07) is 8.17. The predicted octanol–water partition coefficient (Wildman–Crippen LogP) is 3.26. The first-order valence-corrected chi connectivity index (χ1v) is 7.65. The van der Waals surface area contributed by atoms with Crippen molar-refractivity contribution in [2.24, 2.45) is 0 Å². The van der Waals surface area contributed by atoms with Crippen molar-refractivity contribution in [1.29, 1.82) is 0 Å². The molecule has 0 atom stereocenters. The lowest BCUT2D eigenvalue weighted by atomic mass is 10.1. The summed E-state index contributed by atoms with van der Waals surface area (Å²) in [6.07, 6.45) is 4.12. The lowest BCUT2D eigenvalue weighted by Gasteiger charge is -2.17. The Morgan fingerprint density at radius 1 is 1.05 bits per heavy atom. The van der Waals surface area contributed by atoms with Crippen LogP contribution in [0.4, 0.5) is 11.5 Å². The van der Waals surface area contributed by atoms with Gasteiger partial charge in [0.15, 0.2) is 0 Å². The van der Waals surface area contributed by atoms with Gasteiger partial charge in [0, 0.05) is 18.8 Å². The molecule has 0 fully saturated rings. The third-order valence-corrected chi connectivity index (χ3v) is 3.56. The predicted molar refractivity (Wildman–Crippen MR) is 88.4 cm³/mol. The van der Waals surface area contributed by atoms with E-state index < -0.39 is 0 Å². The highest BCUT2D eigenvalue weighted by Gasteiger charge is 2.14. The zero-order valence-electron chi connectivity index (χ0n) is 13.3. The quantitative estimate of drug-likeness (QED) is 0.889. The second kappa shape index (κ2) is 7.54. The number of carbonyl (C=O) groups is 1. The normalized spacial score (nSPS) is 10.3. The van der Waals surface area contributed by atoms with Gasteiger partial charge >= 0.3 is 0 Å². The molecule has 0 radical (unpaired) electrons. The summed E-state index contributed by atoms with van der Waals surface area (Å²) in [5, 5.41) is 3.18. The maximum absolute atomic E-state index is 12.2. The topological polar surface area (TPSA) is 58.1 Å². The second-order valence-electron chi connectivity index (χ2n) is 4.94. The van der Waals surface area contributed by atoms with Crippen LogP contribution in [0.25, 0.3) is 0 Å². The summed E-state index contributed by atoms with van der Waals surface area (Å²) >= 11 is 0. The molecule has 5 heteroatoms. The van der Waals surface area contributed by atoms with Crippen LogP contribution in [0.1, 0.15) is 36.8 Å². The molecule has 1 N–H and O–H groups in total. The van der Waals surface area contributed by atoms with Crippen LogP contribution in [-0.2, 0) is 6.42 Å². The van der Waals surface area contributed by atoms with E-state index in [0.29, 0.717) is 24.6 Å². The van der Waals surface area contributed by atoms with Gasteiger partial charge in [0.25, 0.3) is 5.91 Å². The largest absolute Gasteiger partial charge is 0.339 e. The molecule has 0 aliphatic carbocycles. The van der Waals surface area contributed by atoms with Crippen molar-refractivity contribution in [2.45, 2.75) is 27.2 Å². The summed E-state index contributed by atoms with van der Waals surface area (Å²) in [4.78, 5) is 22.3. The van der Waals surface area contributed by atoms with Crippen molar-refractivity contribution in [3.8, 4) is 0 Å². The highest BCUT2D eigenvalue weighted by Crippen LogP contribution is 2.15. The van der Waals surface area contributed by atoms with Gasteiger partial charge in [0.05, 0.1) is 12.4 Å². The molecule has 1 heterocycles. The summed E-state index contributed by atoms with van der Waals surface area (Å²) in [6.45, 7) is 7.36. The molecule has 116 valence electrons. The van der Waals surface area contributed by atoms with Crippen molar-refractivity contribution in [3.05, 3.63) is 47.9 Å². The van der Waals surface area contributed by atoms with Crippen LogP contribution in [-0.4, -0.2) is 33.9 Å². The number of nitrogens with zero attached hydrogens (tertiary/aromatic N) is 3. The molecule has 0 aliphatic heterocycles. The number of benzene rings is 1. The van der Waals surface area contributed by atoms with Gasteiger partial charge in [-0.15, -0.1) is 0 Å². The van der Waals surface area contributed by atoms with Crippen molar-refractivity contribution in [2.75, 3.05) is 18.4 Å². The second-order valence-corrected chi connectivity index (χ2v) is 4.94. The average Bonchev–Trinajstić information content (AvgIpc) is 2.57. The van der Waals surface area contributed by atoms with Crippen LogP contribution < -0.4 is 5.32 Å². The van der Waals surface area contributed by atoms with Crippen LogP contribution in [0.5, 0.6) is 0 Å². The van der Waals surface area contributed by atoms with Gasteiger partial charge in [-0.2, -0.15) is 0 Å². The Hall–Kier alpha value is -2.43. The summed E-state index contributed by atoms with van der Waals surface area (Å²) in [5.74, 6) is 0.539. The summed E-state index contributed by atoms with van der Waals surface area (Å²) in [5.41, 5.74) is 2.61. The third-order valence-electron chi connectivity index (χ3n) is 3.56. The van der Waals surface area contributed by atoms with E-state index in [0.717, 1.165) is 12.1 Å². The highest BCUT2D eigenvalue weighted by molar-refractivity contribution is 5.92. The van der Waals surface area contributed by atoms with E-state index in [4.69, 9.17) is 0 Å². The number of anilines is 2. The minimum atomic E-state index is -0.0867. The first kappa shape index (κ1) is 15.9. The molecular formula is C17H22N4O. The lowest BCUT2D eigenvalue weighted by Crippen LogP contribution is -2.31. The monoisotopic (exact) mass is 298 g/mol. The molecule has 0 aliphatic rings. The fourth-order valence-electron chi connectivity index (χ4n) is 2.15. The van der Waals surface area contributed by atoms with Crippen molar-refractivity contribution >= 4 is 17.4 Å². The molecule has 5 nitrogen and oxygen atoms in total. The molecule has 2 aromatic rings. The Morgan fingerprint density at radius 3 is 2.23 bits per heavy atom. The van der Waals surface area contributed by atoms with Crippen LogP contribution >= 0.6 is 0 Å². The molecule has 1 amide bonds. The van der Waals surface area contributed by atoms with Crippen molar-refractivity contribution in [3.63, 3.8) is 0 Å². The first-order valence-electron chi connectivity index (χ1n) is 7.65. The molecule has 22 heavy (non-hydrogen) atoms. The smallest absolute Gasteiger partial charge is 0.274 e. The Balaban J connectivity index is 2.06. The maximum Gasteiger partial charge on any atom is 0.274 e. The number of aromatic nitrogens is 2. The van der Waals surface area contributed by atoms with Gasteiger partial charge in [-0.3, -0.25) is 4.79 Å². The van der Waals surface area contributed by atoms with E-state index in [1.54, 1.807) is 11.1 Å². The molecule has 0 saturated heterocycles. The molecule has 1 aromatic carbocycles. The fraction of sp³-hybridized carbons (Fsp3) is 0.353. The van der Waals surface area contributed by atoms with E-state index in [9.17, 15) is 4.79 Å². The molecule has 0 saturated carbocycles. The van der Waals surface area contributed by atoms with Crippen LogP contribution in [0, 0.1) is 0 Å². The molecule has 0 spiro atoms. The Morgan fingerprint density at radius 2 is 1.73 bits per heavy atom. The van der Waals surface area contributed by atoms with E-state index in [2.05, 4.69) is 34.3 Å². The zero-order valence-corrected chi connectivity index (χ0v) is 13.3. The van der Waals surface area contributed by atoms with Gasteiger partial charge in [0.1, 0.15) is 11.5 Å². The van der Waals surface area contributed by atoms with Gasteiger partial charge in [0.2, 0.25) is 0 Å². The molecule has 1 aromatic heterocycles. The molecule has 2 rings (SSSR count). The Kier molecular flexibility index (Phi) is 5.47. The first-order chi connectivity index (χ1) is 10.7. The van der Waals surface area contributed by atoms with E-state index >= 15 is 0 Å². The van der Waals surface area contributed by atoms with E-state index in [1.165, 1.54) is 11.8 Å². The van der Waals surface area contributed by atoms with Crippen molar-refractivity contribution < 1.29 is 4.79 Å². The SMILES string of the molecule is CCc1ccc(Nc2cnc(C(=O)N(CC)CC)cn2)cc1. The lowest BCUT2D eigenvalue weighted by molar-refractivity contribution is 0.0766. The van der Waals surface area contributed by atoms with Gasteiger partial charge in [-0.1, -0.05) is 19.1 Å². The highest BCUT2D eigenvalue weighted by atomic mass is 16.2. The zero-order chi connectivity index (χ0) is 15.9. The summed E-state index contributed by atoms with van der Waals surface area (Å²) in [7, 11) is 0. The van der Waals surface area contributed by atoms with Crippen LogP contribution in [0.15, 0.2) is 36.7 Å². The number of carbonyl (C=O) groups excluding carboxylic acids is 1. The number of amides is 1. The number of hydrogen-bond acceptors (Lipinski definition) is 4. The number of aryl methyl sites for hydroxylation is 1. The van der Waals surface area contributed by atoms with Crippen molar-refractivity contribution in [1.82, 2.24) is 14.9 Å². The molecule has 0 bridgehead atoms. The van der Waals surface area contributed by atoms with E-state index in [1.807, 2.05) is 26.0 Å². The van der Waals surface area contributed by atoms with Gasteiger partial charge in [-0.25, -0.2) is 9.97 Å². The van der Waals surface area contributed by atoms with Gasteiger partial charge in [-0.05, 0) is 38.0 Å². The Bertz CT molecular complexity index is 604. The average molecular weight is 298 g/mol. The number of hydrogen-bond donors (Lipinski definition) is 1. The molecule has 0 unspecified atom stereocenters. The fourth-order valence-corrected chi connectivity index (χ4v) is 2.15. The van der Waals surface area contributed by atoms with E-state index in [-0.39, 0.29) is 5.91 Å². The van der Waals surface area contributed by atoms with Crippen LogP contribution in [0.2, 0.25) is 0 Å². The minimum Gasteiger partial charge on any atom is -0.339 e. The Labute approximate surface area is 131 Å². The standard InChI is InChI=1S/C17H22N4O/c1-4-13-7-9-14(10-8-13)20-16-12-18-15(11-19-16)17(22)21(5-2)6-3/h7-12H,4-6H2,1-3H3,(H,19,20). The minimum absolute atomic E-state index is 0.0867. The third kappa shape index (κ3) is 3.81. The molecular weight excluding hydrogens is 276 g/mol. The van der Waals surface area contributed by atoms with Gasteiger partial charge < -0.3 is 10.2 Å². The van der Waals surface area contributed by atoms with Crippen LogP contribution in [0.3, 0.4) is 0 Å². The number of nitrogens with one attached hydrogen (secondary N) is 1.